The van der Waals surface area contributed by atoms with E-state index >= 15 is 0 Å². The van der Waals surface area contributed by atoms with Crippen molar-refractivity contribution in [2.75, 3.05) is 6.54 Å². The molecule has 0 fully saturated rings. The maximum atomic E-state index is 12.5. The van der Waals surface area contributed by atoms with Gasteiger partial charge in [-0.15, -0.1) is 0 Å². The van der Waals surface area contributed by atoms with Crippen molar-refractivity contribution < 1.29 is 14.4 Å². The van der Waals surface area contributed by atoms with Gasteiger partial charge in [-0.05, 0) is 43.2 Å². The molecule has 136 valence electrons. The lowest BCUT2D eigenvalue weighted by molar-refractivity contribution is -0.118. The molecular formula is C20H17N3O3S. The van der Waals surface area contributed by atoms with Gasteiger partial charge >= 0.3 is 0 Å². The number of nitrogens with zero attached hydrogens (tertiary/aromatic N) is 3. The van der Waals surface area contributed by atoms with Crippen LogP contribution in [0.1, 0.15) is 31.8 Å². The second-order valence-electron chi connectivity index (χ2n) is 6.62. The SMILES string of the molecule is Cc1cc(C)c2c(c1)sc(=NC(=O)CN1C(=O)c3ccccc3C1=O)n2C. The number of amides is 3. The summed E-state index contributed by atoms with van der Waals surface area (Å²) in [6, 6.07) is 10.7. The van der Waals surface area contributed by atoms with Crippen molar-refractivity contribution in [2.24, 2.45) is 12.0 Å². The normalized spacial score (nSPS) is 14.3. The van der Waals surface area contributed by atoms with Gasteiger partial charge in [-0.2, -0.15) is 4.99 Å². The molecule has 1 aliphatic rings. The third-order valence-electron chi connectivity index (χ3n) is 4.63. The quantitative estimate of drug-likeness (QED) is 0.643. The molecular weight excluding hydrogens is 362 g/mol. The van der Waals surface area contributed by atoms with Crippen molar-refractivity contribution >= 4 is 39.3 Å². The van der Waals surface area contributed by atoms with Crippen LogP contribution in [0.25, 0.3) is 10.2 Å². The van der Waals surface area contributed by atoms with Crippen LogP contribution >= 0.6 is 11.3 Å². The molecule has 6 nitrogen and oxygen atoms in total. The van der Waals surface area contributed by atoms with Crippen LogP contribution in [0.5, 0.6) is 0 Å². The molecule has 4 rings (SSSR count). The Labute approximate surface area is 159 Å². The van der Waals surface area contributed by atoms with Crippen molar-refractivity contribution in [2.45, 2.75) is 13.8 Å². The number of thiazole rings is 1. The van der Waals surface area contributed by atoms with Crippen LogP contribution < -0.4 is 4.80 Å². The first-order valence-corrected chi connectivity index (χ1v) is 9.28. The molecule has 0 spiro atoms. The summed E-state index contributed by atoms with van der Waals surface area (Å²) < 4.78 is 2.91. The first-order chi connectivity index (χ1) is 12.9. The number of fused-ring (bicyclic) bond motifs is 2. The molecule has 0 N–H and O–H groups in total. The largest absolute Gasteiger partial charge is 0.319 e. The Bertz CT molecular complexity index is 1170. The summed E-state index contributed by atoms with van der Waals surface area (Å²) in [4.78, 5) is 42.9. The summed E-state index contributed by atoms with van der Waals surface area (Å²) in [5, 5.41) is 0. The molecule has 27 heavy (non-hydrogen) atoms. The number of hydrogen-bond acceptors (Lipinski definition) is 4. The van der Waals surface area contributed by atoms with E-state index in [1.54, 1.807) is 24.3 Å². The smallest absolute Gasteiger partial charge is 0.268 e. The zero-order valence-corrected chi connectivity index (χ0v) is 16.0. The summed E-state index contributed by atoms with van der Waals surface area (Å²) >= 11 is 1.41. The molecule has 1 aromatic heterocycles. The van der Waals surface area contributed by atoms with Crippen LogP contribution in [0.3, 0.4) is 0 Å². The van der Waals surface area contributed by atoms with Crippen molar-refractivity contribution in [3.05, 3.63) is 63.5 Å². The second kappa shape index (κ2) is 6.28. The molecule has 0 atom stereocenters. The zero-order valence-electron chi connectivity index (χ0n) is 15.1. The Morgan fingerprint density at radius 3 is 2.33 bits per heavy atom. The van der Waals surface area contributed by atoms with E-state index in [2.05, 4.69) is 17.1 Å². The zero-order chi connectivity index (χ0) is 19.3. The maximum Gasteiger partial charge on any atom is 0.268 e. The average molecular weight is 379 g/mol. The number of benzene rings is 2. The van der Waals surface area contributed by atoms with Gasteiger partial charge in [0.25, 0.3) is 17.7 Å². The lowest BCUT2D eigenvalue weighted by atomic mass is 10.1. The lowest BCUT2D eigenvalue weighted by Crippen LogP contribution is -2.35. The molecule has 0 saturated carbocycles. The number of carbonyl (C=O) groups excluding carboxylic acids is 3. The minimum atomic E-state index is -0.527. The molecule has 0 unspecified atom stereocenters. The monoisotopic (exact) mass is 379 g/mol. The Hall–Kier alpha value is -3.06. The molecule has 0 radical (unpaired) electrons. The van der Waals surface area contributed by atoms with E-state index < -0.39 is 17.7 Å². The van der Waals surface area contributed by atoms with E-state index in [1.807, 2.05) is 25.5 Å². The lowest BCUT2D eigenvalue weighted by Gasteiger charge is -2.10. The fraction of sp³-hybridized carbons (Fsp3) is 0.200. The highest BCUT2D eigenvalue weighted by molar-refractivity contribution is 7.16. The minimum Gasteiger partial charge on any atom is -0.319 e. The summed E-state index contributed by atoms with van der Waals surface area (Å²) in [6.45, 7) is 3.68. The van der Waals surface area contributed by atoms with E-state index in [1.165, 1.54) is 11.3 Å². The van der Waals surface area contributed by atoms with Gasteiger partial charge in [0.1, 0.15) is 6.54 Å². The number of carbonyl (C=O) groups is 3. The van der Waals surface area contributed by atoms with Crippen molar-refractivity contribution in [3.8, 4) is 0 Å². The van der Waals surface area contributed by atoms with Gasteiger partial charge in [0.05, 0.1) is 21.3 Å². The molecule has 0 aliphatic carbocycles. The highest BCUT2D eigenvalue weighted by Crippen LogP contribution is 2.23. The summed E-state index contributed by atoms with van der Waals surface area (Å²) in [5.41, 5.74) is 3.93. The van der Waals surface area contributed by atoms with Gasteiger partial charge in [-0.25, -0.2) is 0 Å². The molecule has 2 heterocycles. The van der Waals surface area contributed by atoms with Gasteiger partial charge in [-0.1, -0.05) is 29.5 Å². The Balaban J connectivity index is 1.67. The summed E-state index contributed by atoms with van der Waals surface area (Å²) in [7, 11) is 1.86. The standard InChI is InChI=1S/C20H17N3O3S/c1-11-8-12(2)17-15(9-11)27-20(22(17)3)21-16(24)10-23-18(25)13-6-4-5-7-14(13)19(23)26/h4-9H,10H2,1-3H3. The van der Waals surface area contributed by atoms with E-state index in [4.69, 9.17) is 0 Å². The fourth-order valence-electron chi connectivity index (χ4n) is 3.45. The third kappa shape index (κ3) is 2.80. The van der Waals surface area contributed by atoms with E-state index in [9.17, 15) is 14.4 Å². The van der Waals surface area contributed by atoms with Gasteiger partial charge in [0.2, 0.25) is 0 Å². The van der Waals surface area contributed by atoms with Crippen LogP contribution in [0.2, 0.25) is 0 Å². The second-order valence-corrected chi connectivity index (χ2v) is 7.63. The molecule has 7 heteroatoms. The first-order valence-electron chi connectivity index (χ1n) is 8.46. The van der Waals surface area contributed by atoms with Gasteiger partial charge in [0.15, 0.2) is 4.80 Å². The average Bonchev–Trinajstić information content (AvgIpc) is 3.05. The van der Waals surface area contributed by atoms with Gasteiger partial charge < -0.3 is 4.57 Å². The molecule has 3 amide bonds. The Kier molecular flexibility index (Phi) is 4.04. The number of aryl methyl sites for hydroxylation is 3. The number of rotatable bonds is 2. The molecule has 0 saturated heterocycles. The van der Waals surface area contributed by atoms with Crippen molar-refractivity contribution in [3.63, 3.8) is 0 Å². The number of aromatic nitrogens is 1. The topological polar surface area (TPSA) is 71.7 Å². The van der Waals surface area contributed by atoms with E-state index in [0.29, 0.717) is 15.9 Å². The van der Waals surface area contributed by atoms with Crippen molar-refractivity contribution in [1.82, 2.24) is 9.47 Å². The van der Waals surface area contributed by atoms with Gasteiger partial charge in [-0.3, -0.25) is 19.3 Å². The maximum absolute atomic E-state index is 12.5. The fourth-order valence-corrected chi connectivity index (χ4v) is 4.66. The highest BCUT2D eigenvalue weighted by Gasteiger charge is 2.36. The number of imide groups is 1. The van der Waals surface area contributed by atoms with Crippen LogP contribution in [0, 0.1) is 13.8 Å². The van der Waals surface area contributed by atoms with Crippen LogP contribution in [-0.4, -0.2) is 33.7 Å². The summed E-state index contributed by atoms with van der Waals surface area (Å²) in [6.07, 6.45) is 0. The predicted molar refractivity (Wildman–Crippen MR) is 103 cm³/mol. The minimum absolute atomic E-state index is 0.328. The molecule has 1 aliphatic heterocycles. The Morgan fingerprint density at radius 2 is 1.70 bits per heavy atom. The highest BCUT2D eigenvalue weighted by atomic mass is 32.1. The van der Waals surface area contributed by atoms with E-state index in [0.717, 1.165) is 26.2 Å². The third-order valence-corrected chi connectivity index (χ3v) is 5.70. The summed E-state index contributed by atoms with van der Waals surface area (Å²) in [5.74, 6) is -1.43. The van der Waals surface area contributed by atoms with Crippen molar-refractivity contribution in [1.29, 1.82) is 0 Å². The van der Waals surface area contributed by atoms with Crippen LogP contribution in [0.15, 0.2) is 41.4 Å². The predicted octanol–water partition coefficient (Wildman–Crippen LogP) is 2.58. The van der Waals surface area contributed by atoms with Crippen LogP contribution in [-0.2, 0) is 11.8 Å². The molecule has 2 aromatic carbocycles. The van der Waals surface area contributed by atoms with E-state index in [-0.39, 0.29) is 6.54 Å². The molecule has 0 bridgehead atoms. The first kappa shape index (κ1) is 17.4. The Morgan fingerprint density at radius 1 is 1.07 bits per heavy atom. The molecule has 3 aromatic rings. The van der Waals surface area contributed by atoms with Gasteiger partial charge in [0, 0.05) is 7.05 Å². The number of hydrogen-bond donors (Lipinski definition) is 0. The van der Waals surface area contributed by atoms with Crippen LogP contribution in [0.4, 0.5) is 0 Å².